The van der Waals surface area contributed by atoms with Crippen molar-refractivity contribution in [3.05, 3.63) is 50.5 Å². The molecule has 114 valence electrons. The minimum atomic E-state index is -0.446. The zero-order chi connectivity index (χ0) is 15.5. The second-order valence-electron chi connectivity index (χ2n) is 4.80. The first-order valence-corrected chi connectivity index (χ1v) is 7.14. The lowest BCUT2D eigenvalue weighted by Crippen LogP contribution is -2.05. The number of aromatic nitrogens is 3. The maximum absolute atomic E-state index is 10.8. The van der Waals surface area contributed by atoms with Gasteiger partial charge < -0.3 is 4.74 Å². The number of hydrogen-bond acceptors (Lipinski definition) is 6. The Morgan fingerprint density at radius 1 is 1.59 bits per heavy atom. The van der Waals surface area contributed by atoms with Crippen molar-refractivity contribution in [2.24, 2.45) is 5.10 Å². The minimum Gasteiger partial charge on any atom is -0.370 e. The SMILES string of the molecule is O=[N+]([O-])c1cccc(/C=N\n2c([C@H]3CCCO3)n[nH]c2=S)c1. The molecule has 0 saturated carbocycles. The van der Waals surface area contributed by atoms with E-state index in [9.17, 15) is 10.1 Å². The van der Waals surface area contributed by atoms with Crippen molar-refractivity contribution in [1.82, 2.24) is 14.9 Å². The Morgan fingerprint density at radius 3 is 3.18 bits per heavy atom. The quantitative estimate of drug-likeness (QED) is 0.404. The van der Waals surface area contributed by atoms with Crippen molar-refractivity contribution < 1.29 is 9.66 Å². The van der Waals surface area contributed by atoms with Gasteiger partial charge >= 0.3 is 0 Å². The zero-order valence-electron chi connectivity index (χ0n) is 11.5. The highest BCUT2D eigenvalue weighted by atomic mass is 32.1. The standard InChI is InChI=1S/C13H13N5O3S/c19-18(20)10-4-1-3-9(7-10)8-14-17-12(15-16-13(17)22)11-5-2-6-21-11/h1,3-4,7-8,11H,2,5-6H2,(H,16,22)/b14-8-/t11-/m1/s1. The number of aromatic amines is 1. The molecule has 1 aliphatic heterocycles. The molecule has 1 aromatic carbocycles. The first kappa shape index (κ1) is 14.5. The molecular formula is C13H13N5O3S. The Kier molecular flexibility index (Phi) is 4.07. The Balaban J connectivity index is 1.89. The van der Waals surface area contributed by atoms with Crippen LogP contribution < -0.4 is 0 Å². The monoisotopic (exact) mass is 319 g/mol. The predicted octanol–water partition coefficient (Wildman–Crippen LogP) is 2.58. The fraction of sp³-hybridized carbons (Fsp3) is 0.308. The van der Waals surface area contributed by atoms with Gasteiger partial charge in [0.05, 0.1) is 11.1 Å². The average Bonchev–Trinajstić information content (AvgIpc) is 3.15. The maximum Gasteiger partial charge on any atom is 0.270 e. The van der Waals surface area contributed by atoms with Crippen molar-refractivity contribution in [3.63, 3.8) is 0 Å². The molecule has 9 heteroatoms. The Hall–Kier alpha value is -2.39. The number of nitrogens with zero attached hydrogens (tertiary/aromatic N) is 4. The fourth-order valence-electron chi connectivity index (χ4n) is 2.25. The smallest absolute Gasteiger partial charge is 0.270 e. The van der Waals surface area contributed by atoms with Gasteiger partial charge in [-0.1, -0.05) is 12.1 Å². The van der Waals surface area contributed by atoms with E-state index < -0.39 is 4.92 Å². The van der Waals surface area contributed by atoms with Crippen LogP contribution in [-0.2, 0) is 4.74 Å². The first-order valence-electron chi connectivity index (χ1n) is 6.73. The third-order valence-corrected chi connectivity index (χ3v) is 3.56. The molecule has 2 heterocycles. The molecule has 1 atom stereocenters. The molecule has 0 spiro atoms. The van der Waals surface area contributed by atoms with Gasteiger partial charge in [0.2, 0.25) is 4.77 Å². The molecule has 0 unspecified atom stereocenters. The highest BCUT2D eigenvalue weighted by Crippen LogP contribution is 2.26. The summed E-state index contributed by atoms with van der Waals surface area (Å²) in [5, 5.41) is 21.9. The molecule has 0 aliphatic carbocycles. The van der Waals surface area contributed by atoms with E-state index in [0.717, 1.165) is 12.8 Å². The number of non-ortho nitro benzene ring substituents is 1. The van der Waals surface area contributed by atoms with E-state index in [1.54, 1.807) is 12.1 Å². The van der Waals surface area contributed by atoms with E-state index in [-0.39, 0.29) is 11.8 Å². The molecule has 1 N–H and O–H groups in total. The second kappa shape index (κ2) is 6.16. The van der Waals surface area contributed by atoms with Gasteiger partial charge in [-0.25, -0.2) is 0 Å². The lowest BCUT2D eigenvalue weighted by Gasteiger charge is -2.07. The molecule has 0 bridgehead atoms. The molecule has 22 heavy (non-hydrogen) atoms. The number of benzene rings is 1. The topological polar surface area (TPSA) is 98.3 Å². The Labute approximate surface area is 130 Å². The van der Waals surface area contributed by atoms with Crippen molar-refractivity contribution in [2.75, 3.05) is 6.61 Å². The van der Waals surface area contributed by atoms with Crippen LogP contribution in [-0.4, -0.2) is 32.6 Å². The summed E-state index contributed by atoms with van der Waals surface area (Å²) in [5.74, 6) is 0.615. The third-order valence-electron chi connectivity index (χ3n) is 3.30. The molecule has 2 aromatic rings. The van der Waals surface area contributed by atoms with Crippen molar-refractivity contribution in [1.29, 1.82) is 0 Å². The molecule has 0 amide bonds. The molecule has 1 fully saturated rings. The summed E-state index contributed by atoms with van der Waals surface area (Å²) >= 11 is 5.16. The Bertz CT molecular complexity index is 776. The predicted molar refractivity (Wildman–Crippen MR) is 81.4 cm³/mol. The van der Waals surface area contributed by atoms with E-state index >= 15 is 0 Å². The van der Waals surface area contributed by atoms with Gasteiger partial charge in [-0.3, -0.25) is 15.2 Å². The van der Waals surface area contributed by atoms with Gasteiger partial charge in [0.15, 0.2) is 5.82 Å². The minimum absolute atomic E-state index is 0.0130. The average molecular weight is 319 g/mol. The first-order chi connectivity index (χ1) is 10.6. The number of ether oxygens (including phenoxy) is 1. The molecule has 3 rings (SSSR count). The summed E-state index contributed by atoms with van der Waals surface area (Å²) in [6.45, 7) is 0.693. The normalized spacial score (nSPS) is 18.1. The van der Waals surface area contributed by atoms with Gasteiger partial charge in [0, 0.05) is 24.3 Å². The van der Waals surface area contributed by atoms with Crippen LogP contribution in [0, 0.1) is 14.9 Å². The largest absolute Gasteiger partial charge is 0.370 e. The van der Waals surface area contributed by atoms with E-state index in [4.69, 9.17) is 17.0 Å². The highest BCUT2D eigenvalue weighted by Gasteiger charge is 2.23. The number of hydrogen-bond donors (Lipinski definition) is 1. The summed E-state index contributed by atoms with van der Waals surface area (Å²) in [6.07, 6.45) is 3.22. The zero-order valence-corrected chi connectivity index (χ0v) is 12.3. The molecule has 0 radical (unpaired) electrons. The molecule has 1 aliphatic rings. The number of nitro groups is 1. The van der Waals surface area contributed by atoms with Crippen LogP contribution in [0.2, 0.25) is 0 Å². The van der Waals surface area contributed by atoms with E-state index in [1.165, 1.54) is 23.0 Å². The fourth-order valence-corrected chi connectivity index (χ4v) is 2.43. The summed E-state index contributed by atoms with van der Waals surface area (Å²) in [6, 6.07) is 6.21. The van der Waals surface area contributed by atoms with Crippen LogP contribution in [0.25, 0.3) is 0 Å². The van der Waals surface area contributed by atoms with Crippen molar-refractivity contribution in [2.45, 2.75) is 18.9 Å². The van der Waals surface area contributed by atoms with E-state index in [0.29, 0.717) is 22.8 Å². The summed E-state index contributed by atoms with van der Waals surface area (Å²) in [5.41, 5.74) is 0.620. The summed E-state index contributed by atoms with van der Waals surface area (Å²) in [7, 11) is 0. The van der Waals surface area contributed by atoms with Crippen LogP contribution in [0.3, 0.4) is 0 Å². The third kappa shape index (κ3) is 2.95. The van der Waals surface area contributed by atoms with Gasteiger partial charge in [0.25, 0.3) is 5.69 Å². The number of nitrogens with one attached hydrogen (secondary N) is 1. The Morgan fingerprint density at radius 2 is 2.45 bits per heavy atom. The van der Waals surface area contributed by atoms with Gasteiger partial charge in [-0.15, -0.1) is 0 Å². The van der Waals surface area contributed by atoms with E-state index in [2.05, 4.69) is 15.3 Å². The lowest BCUT2D eigenvalue weighted by molar-refractivity contribution is -0.384. The number of H-pyrrole nitrogens is 1. The van der Waals surface area contributed by atoms with Gasteiger partial charge in [-0.05, 0) is 25.1 Å². The van der Waals surface area contributed by atoms with E-state index in [1.807, 2.05) is 0 Å². The highest BCUT2D eigenvalue weighted by molar-refractivity contribution is 7.71. The van der Waals surface area contributed by atoms with Crippen LogP contribution in [0.15, 0.2) is 29.4 Å². The van der Waals surface area contributed by atoms with Crippen molar-refractivity contribution in [3.8, 4) is 0 Å². The van der Waals surface area contributed by atoms with Crippen LogP contribution in [0.4, 0.5) is 5.69 Å². The van der Waals surface area contributed by atoms with Crippen LogP contribution in [0.5, 0.6) is 0 Å². The number of nitro benzene ring substituents is 1. The second-order valence-corrected chi connectivity index (χ2v) is 5.18. The lowest BCUT2D eigenvalue weighted by atomic mass is 10.2. The molecule has 8 nitrogen and oxygen atoms in total. The summed E-state index contributed by atoms with van der Waals surface area (Å²) in [4.78, 5) is 10.3. The summed E-state index contributed by atoms with van der Waals surface area (Å²) < 4.78 is 7.43. The van der Waals surface area contributed by atoms with Crippen LogP contribution >= 0.6 is 12.2 Å². The van der Waals surface area contributed by atoms with Crippen LogP contribution in [0.1, 0.15) is 30.3 Å². The molecular weight excluding hydrogens is 306 g/mol. The number of rotatable bonds is 4. The molecule has 1 saturated heterocycles. The maximum atomic E-state index is 10.8. The van der Waals surface area contributed by atoms with Crippen molar-refractivity contribution >= 4 is 24.1 Å². The van der Waals surface area contributed by atoms with Gasteiger partial charge in [0.1, 0.15) is 6.10 Å². The molecule has 1 aromatic heterocycles. The van der Waals surface area contributed by atoms with Gasteiger partial charge in [-0.2, -0.15) is 14.9 Å².